The summed E-state index contributed by atoms with van der Waals surface area (Å²) in [4.78, 5) is 41.7. The second-order valence-corrected chi connectivity index (χ2v) is 8.09. The van der Waals surface area contributed by atoms with Gasteiger partial charge in [-0.2, -0.15) is 5.10 Å². The number of carbonyl (C=O) groups is 3. The first-order chi connectivity index (χ1) is 15.5. The van der Waals surface area contributed by atoms with Crippen LogP contribution in [0.4, 0.5) is 5.69 Å². The van der Waals surface area contributed by atoms with Gasteiger partial charge in [-0.3, -0.25) is 24.0 Å². The maximum atomic E-state index is 12.8. The fourth-order valence-electron chi connectivity index (χ4n) is 4.13. The lowest BCUT2D eigenvalue weighted by atomic mass is 10.1. The summed E-state index contributed by atoms with van der Waals surface area (Å²) in [5, 5.41) is 7.12. The summed E-state index contributed by atoms with van der Waals surface area (Å²) in [7, 11) is 0. The molecule has 1 aromatic carbocycles. The number of carbonyl (C=O) groups excluding carboxylic acids is 3. The average molecular weight is 440 g/mol. The van der Waals surface area contributed by atoms with E-state index in [9.17, 15) is 14.4 Å². The van der Waals surface area contributed by atoms with Crippen LogP contribution in [-0.4, -0.2) is 76.2 Å². The first kappa shape index (κ1) is 22.2. The Morgan fingerprint density at radius 1 is 1.22 bits per heavy atom. The van der Waals surface area contributed by atoms with Gasteiger partial charge in [-0.25, -0.2) is 0 Å². The third-order valence-electron chi connectivity index (χ3n) is 6.07. The van der Waals surface area contributed by atoms with E-state index < -0.39 is 0 Å². The zero-order valence-electron chi connectivity index (χ0n) is 18.5. The Morgan fingerprint density at radius 2 is 2.00 bits per heavy atom. The molecule has 3 amide bonds. The number of amides is 3. The Labute approximate surface area is 187 Å². The number of likely N-dealkylation sites (N-methyl/N-ethyl adjacent to an activating group) is 1. The summed E-state index contributed by atoms with van der Waals surface area (Å²) >= 11 is 0. The van der Waals surface area contributed by atoms with Crippen LogP contribution >= 0.6 is 0 Å². The van der Waals surface area contributed by atoms with Crippen molar-refractivity contribution in [2.75, 3.05) is 38.1 Å². The van der Waals surface area contributed by atoms with Crippen LogP contribution in [0.1, 0.15) is 57.8 Å². The molecule has 0 radical (unpaired) electrons. The topological polar surface area (TPSA) is 96.8 Å². The molecule has 1 fully saturated rings. The summed E-state index contributed by atoms with van der Waals surface area (Å²) in [5.41, 5.74) is 1.49. The molecule has 0 aliphatic carbocycles. The number of rotatable bonds is 9. The SMILES string of the molecule is CCN(CC)CCn1cc(NC(=O)c2ccc3c(c2)C(=O)N(CC2CCCO2)C3=O)cn1. The van der Waals surface area contributed by atoms with Gasteiger partial charge < -0.3 is 15.0 Å². The van der Waals surface area contributed by atoms with Crippen molar-refractivity contribution in [2.45, 2.75) is 39.3 Å². The molecule has 2 aromatic rings. The Bertz CT molecular complexity index is 1010. The summed E-state index contributed by atoms with van der Waals surface area (Å²) in [6, 6.07) is 4.61. The molecule has 1 N–H and O–H groups in total. The molecule has 2 aliphatic rings. The van der Waals surface area contributed by atoms with E-state index in [1.807, 2.05) is 0 Å². The molecule has 4 rings (SSSR count). The molecule has 2 aliphatic heterocycles. The van der Waals surface area contributed by atoms with Crippen molar-refractivity contribution in [1.82, 2.24) is 19.6 Å². The molecule has 0 bridgehead atoms. The van der Waals surface area contributed by atoms with Gasteiger partial charge in [0, 0.05) is 24.9 Å². The van der Waals surface area contributed by atoms with Crippen LogP contribution in [0.15, 0.2) is 30.6 Å². The number of benzene rings is 1. The fourth-order valence-corrected chi connectivity index (χ4v) is 4.13. The molecule has 1 aromatic heterocycles. The minimum atomic E-state index is -0.376. The van der Waals surface area contributed by atoms with Gasteiger partial charge in [0.05, 0.1) is 42.2 Å². The lowest BCUT2D eigenvalue weighted by Crippen LogP contribution is -2.36. The number of anilines is 1. The third-order valence-corrected chi connectivity index (χ3v) is 6.07. The number of ether oxygens (including phenoxy) is 1. The van der Waals surface area contributed by atoms with E-state index in [1.54, 1.807) is 29.2 Å². The molecule has 3 heterocycles. The maximum Gasteiger partial charge on any atom is 0.261 e. The lowest BCUT2D eigenvalue weighted by molar-refractivity contribution is 0.0475. The minimum Gasteiger partial charge on any atom is -0.376 e. The van der Waals surface area contributed by atoms with Crippen LogP contribution in [0.25, 0.3) is 0 Å². The van der Waals surface area contributed by atoms with Crippen molar-refractivity contribution in [3.8, 4) is 0 Å². The predicted octanol–water partition coefficient (Wildman–Crippen LogP) is 2.25. The second-order valence-electron chi connectivity index (χ2n) is 8.09. The van der Waals surface area contributed by atoms with E-state index in [0.29, 0.717) is 23.4 Å². The summed E-state index contributed by atoms with van der Waals surface area (Å²) in [6.45, 7) is 8.71. The number of nitrogens with zero attached hydrogens (tertiary/aromatic N) is 4. The standard InChI is InChI=1S/C23H29N5O4/c1-3-26(4-2)9-10-27-14-17(13-24-27)25-21(29)16-7-8-19-20(12-16)23(31)28(22(19)30)15-18-6-5-11-32-18/h7-8,12-14,18H,3-6,9-11,15H2,1-2H3,(H,25,29). The molecular weight excluding hydrogens is 410 g/mol. The normalized spacial score (nSPS) is 18.0. The van der Waals surface area contributed by atoms with E-state index in [2.05, 4.69) is 29.2 Å². The van der Waals surface area contributed by atoms with Crippen molar-refractivity contribution >= 4 is 23.4 Å². The van der Waals surface area contributed by atoms with E-state index in [-0.39, 0.29) is 35.9 Å². The Hall–Kier alpha value is -3.04. The summed E-state index contributed by atoms with van der Waals surface area (Å²) in [6.07, 6.45) is 5.05. The predicted molar refractivity (Wildman–Crippen MR) is 119 cm³/mol. The zero-order valence-corrected chi connectivity index (χ0v) is 18.5. The molecule has 1 saturated heterocycles. The third kappa shape index (κ3) is 4.58. The highest BCUT2D eigenvalue weighted by molar-refractivity contribution is 6.22. The molecule has 1 unspecified atom stereocenters. The van der Waals surface area contributed by atoms with Gasteiger partial charge in [-0.1, -0.05) is 13.8 Å². The van der Waals surface area contributed by atoms with Crippen LogP contribution in [0.3, 0.4) is 0 Å². The van der Waals surface area contributed by atoms with Crippen molar-refractivity contribution in [2.24, 2.45) is 0 Å². The van der Waals surface area contributed by atoms with Gasteiger partial charge in [0.2, 0.25) is 0 Å². The molecule has 0 spiro atoms. The van der Waals surface area contributed by atoms with E-state index in [4.69, 9.17) is 4.74 Å². The number of hydrogen-bond acceptors (Lipinski definition) is 6. The van der Waals surface area contributed by atoms with Crippen molar-refractivity contribution in [3.63, 3.8) is 0 Å². The lowest BCUT2D eigenvalue weighted by Gasteiger charge is -2.17. The molecule has 9 nitrogen and oxygen atoms in total. The Kier molecular flexibility index (Phi) is 6.66. The Morgan fingerprint density at radius 3 is 2.72 bits per heavy atom. The highest BCUT2D eigenvalue weighted by Gasteiger charge is 2.38. The van der Waals surface area contributed by atoms with Crippen molar-refractivity contribution in [1.29, 1.82) is 0 Å². The number of hydrogen-bond donors (Lipinski definition) is 1. The number of aromatic nitrogens is 2. The van der Waals surface area contributed by atoms with Crippen molar-refractivity contribution in [3.05, 3.63) is 47.3 Å². The summed E-state index contributed by atoms with van der Waals surface area (Å²) in [5.74, 6) is -1.06. The van der Waals surface area contributed by atoms with Crippen LogP contribution < -0.4 is 5.32 Å². The first-order valence-electron chi connectivity index (χ1n) is 11.2. The molecule has 1 atom stereocenters. The number of fused-ring (bicyclic) bond motifs is 1. The van der Waals surface area contributed by atoms with Crippen LogP contribution in [0.5, 0.6) is 0 Å². The monoisotopic (exact) mass is 439 g/mol. The van der Waals surface area contributed by atoms with Crippen LogP contribution in [0.2, 0.25) is 0 Å². The molecule has 32 heavy (non-hydrogen) atoms. The van der Waals surface area contributed by atoms with E-state index in [0.717, 1.165) is 39.0 Å². The van der Waals surface area contributed by atoms with Gasteiger partial charge in [-0.15, -0.1) is 0 Å². The van der Waals surface area contributed by atoms with E-state index in [1.165, 1.54) is 11.0 Å². The molecule has 0 saturated carbocycles. The van der Waals surface area contributed by atoms with Gasteiger partial charge >= 0.3 is 0 Å². The van der Waals surface area contributed by atoms with Gasteiger partial charge in [0.25, 0.3) is 17.7 Å². The maximum absolute atomic E-state index is 12.8. The summed E-state index contributed by atoms with van der Waals surface area (Å²) < 4.78 is 7.36. The zero-order chi connectivity index (χ0) is 22.7. The fraction of sp³-hybridized carbons (Fsp3) is 0.478. The highest BCUT2D eigenvalue weighted by Crippen LogP contribution is 2.26. The minimum absolute atomic E-state index is 0.113. The van der Waals surface area contributed by atoms with Crippen molar-refractivity contribution < 1.29 is 19.1 Å². The van der Waals surface area contributed by atoms with Gasteiger partial charge in [0.15, 0.2) is 0 Å². The largest absolute Gasteiger partial charge is 0.376 e. The second kappa shape index (κ2) is 9.62. The Balaban J connectivity index is 1.40. The first-order valence-corrected chi connectivity index (χ1v) is 11.2. The molecule has 9 heteroatoms. The number of imide groups is 1. The van der Waals surface area contributed by atoms with Gasteiger partial charge in [0.1, 0.15) is 0 Å². The average Bonchev–Trinajstić information content (AvgIpc) is 3.53. The smallest absolute Gasteiger partial charge is 0.261 e. The van der Waals surface area contributed by atoms with Crippen LogP contribution in [0, 0.1) is 0 Å². The van der Waals surface area contributed by atoms with Gasteiger partial charge in [-0.05, 0) is 44.1 Å². The molecular formula is C23H29N5O4. The highest BCUT2D eigenvalue weighted by atomic mass is 16.5. The quantitative estimate of drug-likeness (QED) is 0.602. The number of nitrogens with one attached hydrogen (secondary N) is 1. The van der Waals surface area contributed by atoms with Crippen LogP contribution in [-0.2, 0) is 11.3 Å². The molecule has 170 valence electrons. The van der Waals surface area contributed by atoms with E-state index >= 15 is 0 Å².